The van der Waals surface area contributed by atoms with Crippen LogP contribution in [0.4, 0.5) is 0 Å². The molecule has 0 fully saturated rings. The molecular formula is AsK5O7Ti. The summed E-state index contributed by atoms with van der Waals surface area (Å²) in [5.41, 5.74) is 0. The predicted octanol–water partition coefficient (Wildman–Crippen LogP) is -21.5. The summed E-state index contributed by atoms with van der Waals surface area (Å²) in [5, 5.41) is 0. The summed E-state index contributed by atoms with van der Waals surface area (Å²) >= 11 is -9.96. The van der Waals surface area contributed by atoms with Gasteiger partial charge < -0.3 is 0 Å². The topological polar surface area (TPSA) is 149 Å². The molecule has 0 spiro atoms. The second kappa shape index (κ2) is 29.8. The van der Waals surface area contributed by atoms with E-state index in [-0.39, 0.29) is 257 Å². The summed E-state index contributed by atoms with van der Waals surface area (Å²) in [6.45, 7) is 0. The molecule has 0 heterocycles. The molecule has 0 radical (unpaired) electrons. The molecule has 0 aliphatic rings. The van der Waals surface area contributed by atoms with Crippen LogP contribution in [0.3, 0.4) is 0 Å². The molecule has 0 unspecified atom stereocenters. The molecule has 0 aliphatic heterocycles. The first-order chi connectivity index (χ1) is 3.73. The quantitative estimate of drug-likeness (QED) is 0.346. The van der Waals surface area contributed by atoms with Gasteiger partial charge in [-0.1, -0.05) is 0 Å². The summed E-state index contributed by atoms with van der Waals surface area (Å²) < 4.78 is 60.2. The van der Waals surface area contributed by atoms with Crippen molar-refractivity contribution in [2.75, 3.05) is 0 Å². The molecule has 0 aliphatic carbocycles. The van der Waals surface area contributed by atoms with E-state index in [0.29, 0.717) is 0 Å². The van der Waals surface area contributed by atoms with Crippen LogP contribution in [0, 0.1) is 0 Å². The third-order valence-electron chi connectivity index (χ3n) is 0. The minimum atomic E-state index is -5.88. The Morgan fingerprint density at radius 3 is 0.786 bits per heavy atom. The van der Waals surface area contributed by atoms with Gasteiger partial charge in [-0.3, -0.25) is 0 Å². The molecule has 0 N–H and O–H groups in total. The molecule has 14 heteroatoms. The van der Waals surface area contributed by atoms with Gasteiger partial charge in [0.05, 0.1) is 0 Å². The fourth-order valence-corrected chi connectivity index (χ4v) is 0. The summed E-state index contributed by atoms with van der Waals surface area (Å²) in [4.78, 5) is 0. The molecule has 0 aromatic rings. The number of rotatable bonds is 0. The van der Waals surface area contributed by atoms with Gasteiger partial charge in [0.2, 0.25) is 0 Å². The van der Waals surface area contributed by atoms with Crippen molar-refractivity contribution in [2.45, 2.75) is 0 Å². The van der Waals surface area contributed by atoms with Gasteiger partial charge in [-0.05, 0) is 0 Å². The van der Waals surface area contributed by atoms with E-state index in [1.807, 2.05) is 0 Å². The van der Waals surface area contributed by atoms with Gasteiger partial charge in [-0.15, -0.1) is 0 Å². The van der Waals surface area contributed by atoms with Crippen LogP contribution in [0.15, 0.2) is 0 Å². The molecule has 0 saturated carbocycles. The van der Waals surface area contributed by atoms with Crippen molar-refractivity contribution < 1.29 is 302 Å². The Balaban J connectivity index is -0.0000000104. The maximum atomic E-state index is 8.61. The number of hydrogen-bond acceptors (Lipinski definition) is 7. The fourth-order valence-electron chi connectivity index (χ4n) is 0. The molecule has 14 heavy (non-hydrogen) atoms. The summed E-state index contributed by atoms with van der Waals surface area (Å²) in [6, 6.07) is 0. The third-order valence-corrected chi connectivity index (χ3v) is 0. The monoisotopic (exact) mass is 430 g/mol. The second-order valence-electron chi connectivity index (χ2n) is 0.697. The van der Waals surface area contributed by atoms with E-state index in [4.69, 9.17) is 26.7 Å². The van der Waals surface area contributed by atoms with Crippen molar-refractivity contribution in [3.05, 3.63) is 0 Å². The van der Waals surface area contributed by atoms with E-state index in [2.05, 4.69) is 0 Å². The molecular weight excluding hydrogens is 430 g/mol. The van der Waals surface area contributed by atoms with E-state index < -0.39 is 33.1 Å². The van der Waals surface area contributed by atoms with Crippen molar-refractivity contribution in [3.63, 3.8) is 0 Å². The molecule has 0 rings (SSSR count). The Kier molecular flexibility index (Phi) is 92.5. The molecule has 0 atom stereocenters. The molecule has 56 valence electrons. The first-order valence-corrected chi connectivity index (χ1v) is 6.32. The number of hydrogen-bond donors (Lipinski definition) is 0. The van der Waals surface area contributed by atoms with Crippen molar-refractivity contribution in [1.82, 2.24) is 0 Å². The Morgan fingerprint density at radius 2 is 0.786 bits per heavy atom. The maximum absolute atomic E-state index is 8.61. The molecule has 0 bridgehead atoms. The van der Waals surface area contributed by atoms with Gasteiger partial charge in [-0.25, -0.2) is 0 Å². The van der Waals surface area contributed by atoms with Crippen LogP contribution in [0.1, 0.15) is 0 Å². The van der Waals surface area contributed by atoms with Crippen LogP contribution in [0.5, 0.6) is 0 Å². The van der Waals surface area contributed by atoms with Gasteiger partial charge in [-0.2, -0.15) is 0 Å². The molecule has 0 aromatic carbocycles. The Morgan fingerprint density at radius 1 is 0.786 bits per heavy atom. The van der Waals surface area contributed by atoms with Crippen LogP contribution in [-0.4, -0.2) is 14.5 Å². The van der Waals surface area contributed by atoms with E-state index in [1.165, 1.54) is 0 Å². The Labute approximate surface area is 305 Å². The zero-order valence-corrected chi connectivity index (χ0v) is 27.9. The minimum absolute atomic E-state index is 0. The second-order valence-corrected chi connectivity index (χ2v) is 3.35. The molecule has 0 aromatic heterocycles. The van der Waals surface area contributed by atoms with Crippen molar-refractivity contribution in [1.29, 1.82) is 0 Å². The summed E-state index contributed by atoms with van der Waals surface area (Å²) in [7, 11) is 0. The molecule has 7 nitrogen and oxygen atoms in total. The van der Waals surface area contributed by atoms with E-state index >= 15 is 0 Å². The van der Waals surface area contributed by atoms with E-state index in [9.17, 15) is 0 Å². The SMILES string of the molecule is O=[As]([O-])([O-])[O-].[K+].[K+].[K+].[K+].[K+].[O]=[Ti]([O-])[O-]. The standard InChI is InChI=1S/AsH3O4.5K.3O.Ti/c2-1(3,4)5;;;;;;;;;/h(H3,2,3,4,5);;;;;;;;;/q;5*+1;;2*-1;/p-3. The predicted molar refractivity (Wildman–Crippen MR) is 7.13 cm³/mol. The van der Waals surface area contributed by atoms with Crippen LogP contribution < -0.4 is 277 Å². The first kappa shape index (κ1) is 43.4. The van der Waals surface area contributed by atoms with E-state index in [1.54, 1.807) is 0 Å². The van der Waals surface area contributed by atoms with Gasteiger partial charge in [0.25, 0.3) is 0 Å². The molecule has 0 amide bonds. The molecule has 0 saturated heterocycles. The average Bonchev–Trinajstić information content (AvgIpc) is 1.19. The zero-order valence-electron chi connectivity index (χ0n) is 8.80. The van der Waals surface area contributed by atoms with E-state index in [0.717, 1.165) is 0 Å². The normalized spacial score (nSPS) is 6.07. The van der Waals surface area contributed by atoms with Gasteiger partial charge in [0.15, 0.2) is 0 Å². The summed E-state index contributed by atoms with van der Waals surface area (Å²) in [5.74, 6) is 0. The van der Waals surface area contributed by atoms with Crippen LogP contribution >= 0.6 is 0 Å². The van der Waals surface area contributed by atoms with Crippen LogP contribution in [-0.2, 0) is 25.7 Å². The Bertz CT molecular complexity index is 122. The van der Waals surface area contributed by atoms with Gasteiger partial charge >= 0.3 is 317 Å². The van der Waals surface area contributed by atoms with Crippen LogP contribution in [0.2, 0.25) is 0 Å². The van der Waals surface area contributed by atoms with Gasteiger partial charge in [0, 0.05) is 0 Å². The van der Waals surface area contributed by atoms with Crippen molar-refractivity contribution in [2.24, 2.45) is 0 Å². The summed E-state index contributed by atoms with van der Waals surface area (Å²) in [6.07, 6.45) is 0. The average molecular weight is 430 g/mol. The van der Waals surface area contributed by atoms with Crippen LogP contribution in [0.25, 0.3) is 0 Å². The van der Waals surface area contributed by atoms with Crippen molar-refractivity contribution in [3.8, 4) is 0 Å². The fraction of sp³-hybridized carbons (Fsp3) is 0. The van der Waals surface area contributed by atoms with Gasteiger partial charge in [0.1, 0.15) is 0 Å². The first-order valence-electron chi connectivity index (χ1n) is 1.34. The van der Waals surface area contributed by atoms with Crippen molar-refractivity contribution >= 4 is 14.5 Å². The zero-order chi connectivity index (χ0) is 8.08. The third kappa shape index (κ3) is 105. The Hall–Kier alpha value is 8.85.